The van der Waals surface area contributed by atoms with Crippen molar-refractivity contribution in [3.8, 4) is 11.3 Å². The summed E-state index contributed by atoms with van der Waals surface area (Å²) in [5.41, 5.74) is 6.35. The molecule has 1 aromatic carbocycles. The van der Waals surface area contributed by atoms with Crippen LogP contribution in [0.4, 0.5) is 5.13 Å². The Morgan fingerprint density at radius 2 is 2.04 bits per heavy atom. The number of aromatic nitrogens is 3. The Hall–Kier alpha value is -2.47. The number of nitrogens with zero attached hydrogens (tertiary/aromatic N) is 3. The Balaban J connectivity index is 1.54. The van der Waals surface area contributed by atoms with Crippen LogP contribution in [-0.4, -0.2) is 20.7 Å². The van der Waals surface area contributed by atoms with Crippen molar-refractivity contribution in [1.82, 2.24) is 14.8 Å². The molecule has 1 N–H and O–H groups in total. The summed E-state index contributed by atoms with van der Waals surface area (Å²) in [6, 6.07) is 8.42. The monoisotopic (exact) mass is 366 g/mol. The molecule has 0 fully saturated rings. The third-order valence-electron chi connectivity index (χ3n) is 4.80. The predicted octanol–water partition coefficient (Wildman–Crippen LogP) is 4.47. The number of carbonyl (C=O) groups excluding carboxylic acids is 1. The number of nitrogens with one attached hydrogen (secondary N) is 1. The van der Waals surface area contributed by atoms with Crippen molar-refractivity contribution in [3.63, 3.8) is 0 Å². The lowest BCUT2D eigenvalue weighted by Gasteiger charge is -2.16. The Kier molecular flexibility index (Phi) is 4.59. The molecule has 4 rings (SSSR count). The smallest absolute Gasteiger partial charge is 0.275 e. The molecular formula is C20H22N4OS. The van der Waals surface area contributed by atoms with Gasteiger partial charge in [0, 0.05) is 17.5 Å². The molecule has 3 aromatic rings. The highest BCUT2D eigenvalue weighted by molar-refractivity contribution is 7.14. The van der Waals surface area contributed by atoms with E-state index in [0.717, 1.165) is 23.4 Å². The van der Waals surface area contributed by atoms with E-state index in [2.05, 4.69) is 33.6 Å². The molecule has 134 valence electrons. The lowest BCUT2D eigenvalue weighted by atomic mass is 9.90. The minimum Gasteiger partial charge on any atom is -0.296 e. The average Bonchev–Trinajstić information content (AvgIpc) is 3.27. The summed E-state index contributed by atoms with van der Waals surface area (Å²) in [5, 5.41) is 9.85. The zero-order valence-corrected chi connectivity index (χ0v) is 15.9. The molecule has 0 bridgehead atoms. The largest absolute Gasteiger partial charge is 0.296 e. The summed E-state index contributed by atoms with van der Waals surface area (Å²) in [5.74, 6) is -0.168. The number of carbonyl (C=O) groups is 1. The summed E-state index contributed by atoms with van der Waals surface area (Å²) in [6.45, 7) is 4.52. The summed E-state index contributed by atoms with van der Waals surface area (Å²) in [7, 11) is 0. The van der Waals surface area contributed by atoms with Gasteiger partial charge in [0.2, 0.25) is 0 Å². The molecule has 1 aliphatic carbocycles. The Morgan fingerprint density at radius 1 is 1.23 bits per heavy atom. The van der Waals surface area contributed by atoms with Crippen molar-refractivity contribution in [2.24, 2.45) is 0 Å². The van der Waals surface area contributed by atoms with Crippen molar-refractivity contribution in [2.75, 3.05) is 5.32 Å². The molecular weight excluding hydrogens is 344 g/mol. The van der Waals surface area contributed by atoms with E-state index in [4.69, 9.17) is 0 Å². The molecule has 0 saturated carbocycles. The maximum atomic E-state index is 12.5. The lowest BCUT2D eigenvalue weighted by molar-refractivity contribution is 0.101. The zero-order chi connectivity index (χ0) is 18.1. The molecule has 0 unspecified atom stereocenters. The number of aryl methyl sites for hydroxylation is 4. The van der Waals surface area contributed by atoms with Gasteiger partial charge in [-0.15, -0.1) is 11.3 Å². The summed E-state index contributed by atoms with van der Waals surface area (Å²) in [6.07, 6.45) is 4.88. The number of amides is 1. The molecule has 1 aliphatic rings. The highest BCUT2D eigenvalue weighted by atomic mass is 32.1. The molecule has 1 amide bonds. The third kappa shape index (κ3) is 3.29. The zero-order valence-electron chi connectivity index (χ0n) is 15.1. The van der Waals surface area contributed by atoms with E-state index in [-0.39, 0.29) is 5.91 Å². The first-order chi connectivity index (χ1) is 12.6. The second-order valence-corrected chi connectivity index (χ2v) is 7.53. The van der Waals surface area contributed by atoms with E-state index in [1.165, 1.54) is 41.7 Å². The predicted molar refractivity (Wildman–Crippen MR) is 105 cm³/mol. The Morgan fingerprint density at radius 3 is 2.85 bits per heavy atom. The standard InChI is InChI=1S/C20H22N4OS/c1-3-24-18(10-13(2)23-24)19(25)22-20-21-17(12-26-20)16-9-8-14-6-4-5-7-15(14)11-16/h8-12H,3-7H2,1-2H3,(H,21,22,25). The number of anilines is 1. The van der Waals surface area contributed by atoms with Gasteiger partial charge in [-0.1, -0.05) is 12.1 Å². The molecule has 2 heterocycles. The quantitative estimate of drug-likeness (QED) is 0.741. The minimum absolute atomic E-state index is 0.168. The van der Waals surface area contributed by atoms with E-state index in [9.17, 15) is 4.79 Å². The molecule has 0 spiro atoms. The van der Waals surface area contributed by atoms with Gasteiger partial charge in [-0.3, -0.25) is 14.8 Å². The molecule has 5 nitrogen and oxygen atoms in total. The maximum Gasteiger partial charge on any atom is 0.275 e. The van der Waals surface area contributed by atoms with Gasteiger partial charge in [-0.25, -0.2) is 4.98 Å². The van der Waals surface area contributed by atoms with Crippen LogP contribution in [0.3, 0.4) is 0 Å². The van der Waals surface area contributed by atoms with E-state index < -0.39 is 0 Å². The van der Waals surface area contributed by atoms with Crippen LogP contribution < -0.4 is 5.32 Å². The van der Waals surface area contributed by atoms with Gasteiger partial charge in [0.05, 0.1) is 11.4 Å². The van der Waals surface area contributed by atoms with Crippen LogP contribution in [0.5, 0.6) is 0 Å². The molecule has 0 saturated heterocycles. The van der Waals surface area contributed by atoms with Gasteiger partial charge in [-0.05, 0) is 62.8 Å². The first-order valence-corrected chi connectivity index (χ1v) is 9.95. The highest BCUT2D eigenvalue weighted by Gasteiger charge is 2.16. The van der Waals surface area contributed by atoms with Crippen molar-refractivity contribution in [2.45, 2.75) is 46.1 Å². The summed E-state index contributed by atoms with van der Waals surface area (Å²) in [4.78, 5) is 17.2. The van der Waals surface area contributed by atoms with E-state index in [1.807, 2.05) is 19.2 Å². The summed E-state index contributed by atoms with van der Waals surface area (Å²) >= 11 is 1.45. The van der Waals surface area contributed by atoms with Gasteiger partial charge in [0.15, 0.2) is 5.13 Å². The minimum atomic E-state index is -0.168. The lowest BCUT2D eigenvalue weighted by Crippen LogP contribution is -2.17. The number of hydrogen-bond acceptors (Lipinski definition) is 4. The van der Waals surface area contributed by atoms with Gasteiger partial charge in [0.1, 0.15) is 5.69 Å². The molecule has 0 atom stereocenters. The molecule has 26 heavy (non-hydrogen) atoms. The van der Waals surface area contributed by atoms with Gasteiger partial charge in [0.25, 0.3) is 5.91 Å². The molecule has 0 radical (unpaired) electrons. The van der Waals surface area contributed by atoms with Crippen LogP contribution in [0, 0.1) is 6.92 Å². The first-order valence-electron chi connectivity index (χ1n) is 9.07. The van der Waals surface area contributed by atoms with Gasteiger partial charge in [-0.2, -0.15) is 5.10 Å². The third-order valence-corrected chi connectivity index (χ3v) is 5.56. The first kappa shape index (κ1) is 17.0. The fourth-order valence-corrected chi connectivity index (χ4v) is 4.20. The van der Waals surface area contributed by atoms with Crippen LogP contribution >= 0.6 is 11.3 Å². The molecule has 2 aromatic heterocycles. The van der Waals surface area contributed by atoms with Crippen molar-refractivity contribution >= 4 is 22.4 Å². The SMILES string of the molecule is CCn1nc(C)cc1C(=O)Nc1nc(-c2ccc3c(c2)CCCC3)cs1. The molecule has 0 aliphatic heterocycles. The number of hydrogen-bond donors (Lipinski definition) is 1. The maximum absolute atomic E-state index is 12.5. The van der Waals surface area contributed by atoms with E-state index >= 15 is 0 Å². The van der Waals surface area contributed by atoms with Crippen LogP contribution in [0.25, 0.3) is 11.3 Å². The fourth-order valence-electron chi connectivity index (χ4n) is 3.49. The van der Waals surface area contributed by atoms with E-state index in [1.54, 1.807) is 10.7 Å². The highest BCUT2D eigenvalue weighted by Crippen LogP contribution is 2.29. The second-order valence-electron chi connectivity index (χ2n) is 6.67. The van der Waals surface area contributed by atoms with Crippen LogP contribution in [-0.2, 0) is 19.4 Å². The van der Waals surface area contributed by atoms with Crippen LogP contribution in [0.1, 0.15) is 47.1 Å². The van der Waals surface area contributed by atoms with Crippen molar-refractivity contribution in [3.05, 3.63) is 52.2 Å². The van der Waals surface area contributed by atoms with Crippen LogP contribution in [0.2, 0.25) is 0 Å². The normalized spacial score (nSPS) is 13.5. The topological polar surface area (TPSA) is 59.8 Å². The number of benzene rings is 1. The Labute approximate surface area is 157 Å². The summed E-state index contributed by atoms with van der Waals surface area (Å²) < 4.78 is 1.71. The number of thiazole rings is 1. The van der Waals surface area contributed by atoms with Gasteiger partial charge >= 0.3 is 0 Å². The van der Waals surface area contributed by atoms with Crippen LogP contribution in [0.15, 0.2) is 29.6 Å². The number of fused-ring (bicyclic) bond motifs is 1. The number of rotatable bonds is 4. The van der Waals surface area contributed by atoms with Crippen molar-refractivity contribution < 1.29 is 4.79 Å². The molecule has 6 heteroatoms. The average molecular weight is 366 g/mol. The van der Waals surface area contributed by atoms with Gasteiger partial charge < -0.3 is 0 Å². The van der Waals surface area contributed by atoms with E-state index in [0.29, 0.717) is 17.4 Å². The Bertz CT molecular complexity index is 957. The second kappa shape index (κ2) is 7.03. The van der Waals surface area contributed by atoms with Crippen molar-refractivity contribution in [1.29, 1.82) is 0 Å². The fraction of sp³-hybridized carbons (Fsp3) is 0.350.